The molecule has 0 amide bonds. The van der Waals surface area contributed by atoms with E-state index < -0.39 is 0 Å². The van der Waals surface area contributed by atoms with Gasteiger partial charge in [-0.25, -0.2) is 0 Å². The van der Waals surface area contributed by atoms with Gasteiger partial charge in [0.2, 0.25) is 0 Å². The predicted octanol–water partition coefficient (Wildman–Crippen LogP) is 4.69. The molecule has 1 fully saturated rings. The van der Waals surface area contributed by atoms with Gasteiger partial charge in [0, 0.05) is 6.04 Å². The molecule has 2 nitrogen and oxygen atoms in total. The summed E-state index contributed by atoms with van der Waals surface area (Å²) in [6.07, 6.45) is 7.24. The Labute approximate surface area is 131 Å². The Kier molecular flexibility index (Phi) is 5.91. The molecular weight excluding hydrogens is 314 g/mol. The third-order valence-electron chi connectivity index (χ3n) is 4.28. The molecule has 0 spiro atoms. The normalized spacial score (nSPS) is 24.4. The van der Waals surface area contributed by atoms with E-state index in [0.717, 1.165) is 29.0 Å². The molecule has 1 atom stereocenters. The van der Waals surface area contributed by atoms with Crippen molar-refractivity contribution in [1.29, 1.82) is 0 Å². The molecule has 0 heterocycles. The fourth-order valence-electron chi connectivity index (χ4n) is 2.74. The van der Waals surface area contributed by atoms with Crippen molar-refractivity contribution in [3.63, 3.8) is 0 Å². The molecule has 0 radical (unpaired) electrons. The molecule has 1 aliphatic rings. The zero-order valence-corrected chi connectivity index (χ0v) is 14.2. The fourth-order valence-corrected chi connectivity index (χ4v) is 3.26. The highest BCUT2D eigenvalue weighted by Gasteiger charge is 2.20. The van der Waals surface area contributed by atoms with Gasteiger partial charge in [-0.1, -0.05) is 19.9 Å². The minimum atomic E-state index is 0.244. The van der Waals surface area contributed by atoms with E-state index in [2.05, 4.69) is 48.0 Å². The summed E-state index contributed by atoms with van der Waals surface area (Å²) < 4.78 is 7.20. The van der Waals surface area contributed by atoms with Gasteiger partial charge in [0.15, 0.2) is 0 Å². The maximum absolute atomic E-state index is 6.14. The van der Waals surface area contributed by atoms with Crippen LogP contribution in [0.25, 0.3) is 0 Å². The van der Waals surface area contributed by atoms with E-state index in [4.69, 9.17) is 10.5 Å². The predicted molar refractivity (Wildman–Crippen MR) is 88.2 cm³/mol. The number of hydrogen-bond acceptors (Lipinski definition) is 2. The zero-order valence-electron chi connectivity index (χ0n) is 12.6. The highest BCUT2D eigenvalue weighted by Crippen LogP contribution is 2.32. The van der Waals surface area contributed by atoms with Crippen LogP contribution in [0.4, 0.5) is 0 Å². The summed E-state index contributed by atoms with van der Waals surface area (Å²) in [5.74, 6) is 1.83. The lowest BCUT2D eigenvalue weighted by molar-refractivity contribution is 0.134. The van der Waals surface area contributed by atoms with Crippen molar-refractivity contribution in [1.82, 2.24) is 0 Å². The van der Waals surface area contributed by atoms with Crippen LogP contribution in [-0.4, -0.2) is 12.1 Å². The van der Waals surface area contributed by atoms with Gasteiger partial charge < -0.3 is 10.5 Å². The summed E-state index contributed by atoms with van der Waals surface area (Å²) in [6, 6.07) is 6.62. The van der Waals surface area contributed by atoms with E-state index in [0.29, 0.717) is 6.10 Å². The average molecular weight is 340 g/mol. The average Bonchev–Trinajstić information content (AvgIpc) is 2.44. The molecule has 20 heavy (non-hydrogen) atoms. The van der Waals surface area contributed by atoms with Gasteiger partial charge in [-0.3, -0.25) is 0 Å². The Bertz CT molecular complexity index is 427. The molecule has 1 saturated carbocycles. The summed E-state index contributed by atoms with van der Waals surface area (Å²) >= 11 is 3.63. The molecule has 1 unspecified atom stereocenters. The van der Waals surface area contributed by atoms with E-state index in [1.54, 1.807) is 0 Å². The molecule has 1 aliphatic carbocycles. The number of nitrogens with two attached hydrogens (primary N) is 1. The van der Waals surface area contributed by atoms with E-state index in [-0.39, 0.29) is 6.04 Å². The van der Waals surface area contributed by atoms with Crippen molar-refractivity contribution >= 4 is 15.9 Å². The first kappa shape index (κ1) is 15.8. The monoisotopic (exact) mass is 339 g/mol. The number of halogens is 1. The Morgan fingerprint density at radius 3 is 2.60 bits per heavy atom. The van der Waals surface area contributed by atoms with Crippen LogP contribution in [0.2, 0.25) is 0 Å². The quantitative estimate of drug-likeness (QED) is 0.844. The second kappa shape index (κ2) is 7.46. The Morgan fingerprint density at radius 2 is 2.00 bits per heavy atom. The van der Waals surface area contributed by atoms with Gasteiger partial charge in [-0.05, 0) is 78.1 Å². The molecular formula is C17H26BrNO. The van der Waals surface area contributed by atoms with Crippen molar-refractivity contribution in [2.45, 2.75) is 64.5 Å². The summed E-state index contributed by atoms with van der Waals surface area (Å²) in [5.41, 5.74) is 7.28. The molecule has 0 saturated heterocycles. The van der Waals surface area contributed by atoms with Crippen LogP contribution in [-0.2, 0) is 6.42 Å². The maximum atomic E-state index is 6.14. The van der Waals surface area contributed by atoms with Gasteiger partial charge in [0.1, 0.15) is 5.75 Å². The van der Waals surface area contributed by atoms with Gasteiger partial charge in [0.25, 0.3) is 0 Å². The van der Waals surface area contributed by atoms with Crippen molar-refractivity contribution in [3.05, 3.63) is 28.2 Å². The highest BCUT2D eigenvalue weighted by atomic mass is 79.9. The number of hydrogen-bond donors (Lipinski definition) is 1. The van der Waals surface area contributed by atoms with Crippen LogP contribution >= 0.6 is 15.9 Å². The number of ether oxygens (including phenoxy) is 1. The molecule has 1 aromatic carbocycles. The van der Waals surface area contributed by atoms with Crippen molar-refractivity contribution in [3.8, 4) is 5.75 Å². The van der Waals surface area contributed by atoms with Crippen LogP contribution in [0.1, 0.15) is 51.5 Å². The fraction of sp³-hybridized carbons (Fsp3) is 0.647. The molecule has 3 heteroatoms. The molecule has 2 rings (SSSR count). The van der Waals surface area contributed by atoms with E-state index >= 15 is 0 Å². The minimum Gasteiger partial charge on any atom is -0.489 e. The Balaban J connectivity index is 1.95. The molecule has 112 valence electrons. The lowest BCUT2D eigenvalue weighted by atomic mass is 9.89. The maximum Gasteiger partial charge on any atom is 0.133 e. The largest absolute Gasteiger partial charge is 0.489 e. The van der Waals surface area contributed by atoms with Crippen LogP contribution in [0.5, 0.6) is 5.75 Å². The van der Waals surface area contributed by atoms with Crippen LogP contribution < -0.4 is 10.5 Å². The first-order valence-electron chi connectivity index (χ1n) is 7.79. The van der Waals surface area contributed by atoms with Crippen LogP contribution in [0.3, 0.4) is 0 Å². The summed E-state index contributed by atoms with van der Waals surface area (Å²) in [4.78, 5) is 0. The minimum absolute atomic E-state index is 0.244. The van der Waals surface area contributed by atoms with Crippen molar-refractivity contribution in [2.75, 3.05) is 0 Å². The summed E-state index contributed by atoms with van der Waals surface area (Å²) in [6.45, 7) is 4.46. The summed E-state index contributed by atoms with van der Waals surface area (Å²) in [5, 5.41) is 0. The van der Waals surface area contributed by atoms with E-state index in [9.17, 15) is 0 Å². The number of rotatable bonds is 5. The second-order valence-corrected chi connectivity index (χ2v) is 6.99. The van der Waals surface area contributed by atoms with Crippen molar-refractivity contribution in [2.24, 2.45) is 11.7 Å². The third-order valence-corrected chi connectivity index (χ3v) is 4.89. The molecule has 0 aliphatic heterocycles. The first-order valence-corrected chi connectivity index (χ1v) is 8.58. The van der Waals surface area contributed by atoms with E-state index in [1.807, 2.05) is 0 Å². The SMILES string of the molecule is CCC(N)Cc1ccc(OC2CCC(C)CC2)c(Br)c1. The second-order valence-electron chi connectivity index (χ2n) is 6.14. The van der Waals surface area contributed by atoms with Crippen LogP contribution in [0, 0.1) is 5.92 Å². The van der Waals surface area contributed by atoms with Gasteiger partial charge in [-0.15, -0.1) is 0 Å². The highest BCUT2D eigenvalue weighted by molar-refractivity contribution is 9.10. The van der Waals surface area contributed by atoms with Gasteiger partial charge >= 0.3 is 0 Å². The lowest BCUT2D eigenvalue weighted by Crippen LogP contribution is -2.23. The third kappa shape index (κ3) is 4.49. The molecule has 2 N–H and O–H groups in total. The topological polar surface area (TPSA) is 35.2 Å². The molecule has 0 aromatic heterocycles. The standard InChI is InChI=1S/C17H26BrNO/c1-3-14(19)10-13-6-9-17(16(18)11-13)20-15-7-4-12(2)5-8-15/h6,9,11-12,14-15H,3-5,7-8,10,19H2,1-2H3. The van der Waals surface area contributed by atoms with Gasteiger partial charge in [-0.2, -0.15) is 0 Å². The lowest BCUT2D eigenvalue weighted by Gasteiger charge is -2.27. The molecule has 0 bridgehead atoms. The van der Waals surface area contributed by atoms with Crippen molar-refractivity contribution < 1.29 is 4.74 Å². The smallest absolute Gasteiger partial charge is 0.133 e. The molecule has 1 aromatic rings. The van der Waals surface area contributed by atoms with Gasteiger partial charge in [0.05, 0.1) is 10.6 Å². The summed E-state index contributed by atoms with van der Waals surface area (Å²) in [7, 11) is 0. The van der Waals surface area contributed by atoms with Crippen LogP contribution in [0.15, 0.2) is 22.7 Å². The zero-order chi connectivity index (χ0) is 14.5. The van der Waals surface area contributed by atoms with E-state index in [1.165, 1.54) is 31.2 Å². The Morgan fingerprint density at radius 1 is 1.30 bits per heavy atom. The first-order chi connectivity index (χ1) is 9.58. The number of benzene rings is 1. The Hall–Kier alpha value is -0.540.